The Kier molecular flexibility index (Phi) is 3.03. The number of hydrogen-bond donors (Lipinski definition) is 0. The Morgan fingerprint density at radius 3 is 2.79 bits per heavy atom. The van der Waals surface area contributed by atoms with Gasteiger partial charge in [-0.25, -0.2) is 4.68 Å². The topological polar surface area (TPSA) is 58.7 Å². The summed E-state index contributed by atoms with van der Waals surface area (Å²) in [5.74, 6) is 0.263. The zero-order chi connectivity index (χ0) is 10.7. The Balaban J connectivity index is 3.30. The molecule has 0 saturated carbocycles. The van der Waals surface area contributed by atoms with Gasteiger partial charge in [-0.05, 0) is 12.0 Å². The fourth-order valence-electron chi connectivity index (χ4n) is 1.19. The summed E-state index contributed by atoms with van der Waals surface area (Å²) in [5, 5.41) is 12.7. The molecule has 0 aliphatic heterocycles. The highest BCUT2D eigenvalue weighted by molar-refractivity contribution is 5.18. The minimum atomic E-state index is -0.184. The van der Waals surface area contributed by atoms with Gasteiger partial charge in [0.1, 0.15) is 0 Å². The van der Waals surface area contributed by atoms with Crippen molar-refractivity contribution >= 4 is 0 Å². The van der Waals surface area contributed by atoms with Crippen molar-refractivity contribution in [3.8, 4) is 6.07 Å². The van der Waals surface area contributed by atoms with Crippen LogP contribution in [0.2, 0.25) is 0 Å². The van der Waals surface area contributed by atoms with E-state index in [0.29, 0.717) is 5.56 Å². The molecule has 0 spiro atoms. The largest absolute Gasteiger partial charge is 0.270 e. The fourth-order valence-corrected chi connectivity index (χ4v) is 1.19. The molecule has 0 N–H and O–H groups in total. The molecule has 1 aromatic rings. The van der Waals surface area contributed by atoms with E-state index in [0.717, 1.165) is 5.69 Å². The first-order chi connectivity index (χ1) is 6.56. The maximum atomic E-state index is 11.5. The zero-order valence-corrected chi connectivity index (χ0v) is 8.61. The van der Waals surface area contributed by atoms with Crippen LogP contribution in [0.4, 0.5) is 0 Å². The Morgan fingerprint density at radius 2 is 2.29 bits per heavy atom. The van der Waals surface area contributed by atoms with Crippen LogP contribution >= 0.6 is 0 Å². The molecule has 0 atom stereocenters. The molecule has 4 nitrogen and oxygen atoms in total. The highest BCUT2D eigenvalue weighted by Gasteiger charge is 2.08. The van der Waals surface area contributed by atoms with Crippen LogP contribution in [0.3, 0.4) is 0 Å². The molecule has 1 heterocycles. The van der Waals surface area contributed by atoms with Gasteiger partial charge in [-0.15, -0.1) is 0 Å². The lowest BCUT2D eigenvalue weighted by molar-refractivity contribution is 0.645. The van der Waals surface area contributed by atoms with Crippen LogP contribution in [-0.4, -0.2) is 9.78 Å². The molecule has 0 amide bonds. The van der Waals surface area contributed by atoms with Crippen molar-refractivity contribution in [1.82, 2.24) is 9.78 Å². The van der Waals surface area contributed by atoms with E-state index < -0.39 is 0 Å². The van der Waals surface area contributed by atoms with Gasteiger partial charge >= 0.3 is 0 Å². The molecule has 0 unspecified atom stereocenters. The van der Waals surface area contributed by atoms with Crippen molar-refractivity contribution in [3.05, 3.63) is 27.7 Å². The van der Waals surface area contributed by atoms with E-state index >= 15 is 0 Å². The summed E-state index contributed by atoms with van der Waals surface area (Å²) in [6.07, 6.45) is 0.148. The van der Waals surface area contributed by atoms with Crippen LogP contribution in [0.15, 0.2) is 10.9 Å². The van der Waals surface area contributed by atoms with Crippen LogP contribution in [0.25, 0.3) is 0 Å². The molecule has 14 heavy (non-hydrogen) atoms. The maximum absolute atomic E-state index is 11.5. The molecule has 1 rings (SSSR count). The lowest BCUT2D eigenvalue weighted by atomic mass is 10.1. The van der Waals surface area contributed by atoms with Crippen LogP contribution in [0, 0.1) is 11.3 Å². The summed E-state index contributed by atoms with van der Waals surface area (Å²) in [7, 11) is 1.61. The summed E-state index contributed by atoms with van der Waals surface area (Å²) in [6.45, 7) is 4.01. The predicted octanol–water partition coefficient (Wildman–Crippen LogP) is 0.970. The van der Waals surface area contributed by atoms with Crippen molar-refractivity contribution in [2.75, 3.05) is 0 Å². The van der Waals surface area contributed by atoms with Gasteiger partial charge in [0.2, 0.25) is 0 Å². The smallest absolute Gasteiger partial charge is 0.267 e. The number of rotatable bonds is 2. The summed E-state index contributed by atoms with van der Waals surface area (Å²) in [6, 6.07) is 3.70. The van der Waals surface area contributed by atoms with Crippen LogP contribution < -0.4 is 5.56 Å². The first-order valence-electron chi connectivity index (χ1n) is 4.50. The van der Waals surface area contributed by atoms with E-state index in [1.54, 1.807) is 13.1 Å². The van der Waals surface area contributed by atoms with Crippen LogP contribution in [-0.2, 0) is 13.5 Å². The van der Waals surface area contributed by atoms with Gasteiger partial charge in [-0.3, -0.25) is 4.79 Å². The third kappa shape index (κ3) is 1.99. The molecule has 0 fully saturated rings. The highest BCUT2D eigenvalue weighted by Crippen LogP contribution is 2.10. The first kappa shape index (κ1) is 10.5. The van der Waals surface area contributed by atoms with E-state index in [4.69, 9.17) is 5.26 Å². The SMILES string of the molecule is CC(C)c1cc(CC#N)c(=O)n(C)n1. The van der Waals surface area contributed by atoms with Gasteiger partial charge in [0.15, 0.2) is 0 Å². The second kappa shape index (κ2) is 4.05. The third-order valence-electron chi connectivity index (χ3n) is 2.02. The summed E-state index contributed by atoms with van der Waals surface area (Å²) in [5.41, 5.74) is 1.18. The Hall–Kier alpha value is -1.63. The lowest BCUT2D eigenvalue weighted by Crippen LogP contribution is -2.24. The van der Waals surface area contributed by atoms with E-state index in [1.807, 2.05) is 19.9 Å². The van der Waals surface area contributed by atoms with E-state index in [1.165, 1.54) is 4.68 Å². The average molecular weight is 191 g/mol. The normalized spacial score (nSPS) is 10.2. The predicted molar refractivity (Wildman–Crippen MR) is 52.9 cm³/mol. The third-order valence-corrected chi connectivity index (χ3v) is 2.02. The number of aryl methyl sites for hydroxylation is 1. The van der Waals surface area contributed by atoms with E-state index in [-0.39, 0.29) is 17.9 Å². The minimum Gasteiger partial charge on any atom is -0.267 e. The quantitative estimate of drug-likeness (QED) is 0.699. The van der Waals surface area contributed by atoms with Gasteiger partial charge in [-0.1, -0.05) is 13.8 Å². The molecule has 0 aliphatic rings. The van der Waals surface area contributed by atoms with Crippen molar-refractivity contribution in [1.29, 1.82) is 5.26 Å². The van der Waals surface area contributed by atoms with Crippen LogP contribution in [0.5, 0.6) is 0 Å². The summed E-state index contributed by atoms with van der Waals surface area (Å²) in [4.78, 5) is 11.5. The van der Waals surface area contributed by atoms with Crippen LogP contribution in [0.1, 0.15) is 31.0 Å². The van der Waals surface area contributed by atoms with Gasteiger partial charge in [0, 0.05) is 12.6 Å². The molecular weight excluding hydrogens is 178 g/mol. The first-order valence-corrected chi connectivity index (χ1v) is 4.50. The summed E-state index contributed by atoms with van der Waals surface area (Å²) >= 11 is 0. The fraction of sp³-hybridized carbons (Fsp3) is 0.500. The number of aromatic nitrogens is 2. The van der Waals surface area contributed by atoms with Crippen molar-refractivity contribution in [2.24, 2.45) is 7.05 Å². The van der Waals surface area contributed by atoms with Crippen molar-refractivity contribution in [3.63, 3.8) is 0 Å². The van der Waals surface area contributed by atoms with Crippen molar-refractivity contribution in [2.45, 2.75) is 26.2 Å². The molecule has 0 aromatic carbocycles. The minimum absolute atomic E-state index is 0.148. The second-order valence-corrected chi connectivity index (χ2v) is 3.51. The molecule has 0 aliphatic carbocycles. The summed E-state index contributed by atoms with van der Waals surface area (Å²) < 4.78 is 1.29. The van der Waals surface area contributed by atoms with Gasteiger partial charge < -0.3 is 0 Å². The van der Waals surface area contributed by atoms with Gasteiger partial charge in [-0.2, -0.15) is 10.4 Å². The Bertz CT molecular complexity index is 426. The molecule has 1 aromatic heterocycles. The Labute approximate surface area is 82.8 Å². The van der Waals surface area contributed by atoms with E-state index in [2.05, 4.69) is 5.10 Å². The monoisotopic (exact) mass is 191 g/mol. The second-order valence-electron chi connectivity index (χ2n) is 3.51. The Morgan fingerprint density at radius 1 is 1.64 bits per heavy atom. The maximum Gasteiger partial charge on any atom is 0.270 e. The number of nitrogens with zero attached hydrogens (tertiary/aromatic N) is 3. The molecule has 0 saturated heterocycles. The average Bonchev–Trinajstić information content (AvgIpc) is 2.12. The highest BCUT2D eigenvalue weighted by atomic mass is 16.1. The number of hydrogen-bond acceptors (Lipinski definition) is 3. The van der Waals surface area contributed by atoms with Gasteiger partial charge in [0.25, 0.3) is 5.56 Å². The zero-order valence-electron chi connectivity index (χ0n) is 8.61. The number of nitriles is 1. The molecule has 4 heteroatoms. The van der Waals surface area contributed by atoms with Crippen molar-refractivity contribution < 1.29 is 0 Å². The lowest BCUT2D eigenvalue weighted by Gasteiger charge is -2.07. The molecular formula is C10H13N3O. The van der Waals surface area contributed by atoms with Gasteiger partial charge in [0.05, 0.1) is 18.2 Å². The molecule has 74 valence electrons. The standard InChI is InChI=1S/C10H13N3O/c1-7(2)9-6-8(4-5-11)10(14)13(3)12-9/h6-7H,4H2,1-3H3. The van der Waals surface area contributed by atoms with E-state index in [9.17, 15) is 4.79 Å². The molecule has 0 radical (unpaired) electrons. The molecule has 0 bridgehead atoms.